The zero-order chi connectivity index (χ0) is 16.2. The molecule has 2 aliphatic heterocycles. The number of carbonyl (C=O) groups is 2. The highest BCUT2D eigenvalue weighted by Crippen LogP contribution is 2.24. The van der Waals surface area contributed by atoms with Crippen LogP contribution in [0, 0.1) is 5.92 Å². The lowest BCUT2D eigenvalue weighted by Gasteiger charge is -2.35. The first kappa shape index (κ1) is 15.8. The predicted octanol–water partition coefficient (Wildman–Crippen LogP) is 1.10. The molecular formula is C17H22N2O4. The lowest BCUT2D eigenvalue weighted by atomic mass is 9.94. The molecule has 2 aliphatic rings. The highest BCUT2D eigenvalue weighted by Gasteiger charge is 2.31. The second-order valence-corrected chi connectivity index (χ2v) is 6.02. The van der Waals surface area contributed by atoms with Crippen LogP contribution in [-0.4, -0.2) is 66.1 Å². The minimum absolute atomic E-state index is 0.00372. The van der Waals surface area contributed by atoms with Crippen molar-refractivity contribution in [1.29, 1.82) is 0 Å². The van der Waals surface area contributed by atoms with Crippen LogP contribution in [-0.2, 0) is 9.53 Å². The van der Waals surface area contributed by atoms with Crippen LogP contribution >= 0.6 is 0 Å². The van der Waals surface area contributed by atoms with Gasteiger partial charge in [0, 0.05) is 32.1 Å². The minimum atomic E-state index is -0.166. The third-order valence-electron chi connectivity index (χ3n) is 4.59. The highest BCUT2D eigenvalue weighted by molar-refractivity contribution is 5.97. The number of hydrogen-bond acceptors (Lipinski definition) is 4. The van der Waals surface area contributed by atoms with Crippen molar-refractivity contribution >= 4 is 11.8 Å². The summed E-state index contributed by atoms with van der Waals surface area (Å²) in [5, 5.41) is 9.80. The Bertz CT molecular complexity index is 576. The van der Waals surface area contributed by atoms with Crippen LogP contribution < -0.4 is 0 Å². The van der Waals surface area contributed by atoms with Crippen molar-refractivity contribution in [2.45, 2.75) is 12.8 Å². The molecule has 2 fully saturated rings. The molecular weight excluding hydrogens is 296 g/mol. The number of phenolic OH excluding ortho intramolecular Hbond substituents is 1. The van der Waals surface area contributed by atoms with E-state index in [-0.39, 0.29) is 23.5 Å². The van der Waals surface area contributed by atoms with Crippen LogP contribution in [0.4, 0.5) is 0 Å². The van der Waals surface area contributed by atoms with Crippen LogP contribution in [0.15, 0.2) is 24.3 Å². The van der Waals surface area contributed by atoms with Crippen LogP contribution in [0.25, 0.3) is 0 Å². The van der Waals surface area contributed by atoms with Gasteiger partial charge in [0.1, 0.15) is 5.75 Å². The van der Waals surface area contributed by atoms with Crippen molar-refractivity contribution in [1.82, 2.24) is 9.80 Å². The first-order chi connectivity index (χ1) is 11.2. The van der Waals surface area contributed by atoms with Gasteiger partial charge in [0.25, 0.3) is 5.91 Å². The minimum Gasteiger partial charge on any atom is -0.507 e. The molecule has 0 aromatic heterocycles. The van der Waals surface area contributed by atoms with E-state index in [0.29, 0.717) is 57.8 Å². The Hall–Kier alpha value is -2.08. The van der Waals surface area contributed by atoms with E-state index in [1.165, 1.54) is 6.07 Å². The van der Waals surface area contributed by atoms with Gasteiger partial charge in [0.15, 0.2) is 0 Å². The molecule has 0 bridgehead atoms. The van der Waals surface area contributed by atoms with E-state index in [2.05, 4.69) is 0 Å². The molecule has 0 atom stereocenters. The Labute approximate surface area is 135 Å². The van der Waals surface area contributed by atoms with Gasteiger partial charge in [0.2, 0.25) is 5.91 Å². The molecule has 6 heteroatoms. The predicted molar refractivity (Wildman–Crippen MR) is 84.1 cm³/mol. The van der Waals surface area contributed by atoms with Crippen molar-refractivity contribution in [3.63, 3.8) is 0 Å². The molecule has 2 amide bonds. The molecule has 23 heavy (non-hydrogen) atoms. The molecule has 0 radical (unpaired) electrons. The fourth-order valence-electron chi connectivity index (χ4n) is 3.20. The summed E-state index contributed by atoms with van der Waals surface area (Å²) >= 11 is 0. The molecule has 124 valence electrons. The van der Waals surface area contributed by atoms with E-state index < -0.39 is 0 Å². The second-order valence-electron chi connectivity index (χ2n) is 6.02. The standard InChI is InChI=1S/C17H22N2O4/c20-15-4-2-1-3-14(15)17(22)18-7-5-13(6-8-18)16(21)19-9-11-23-12-10-19/h1-4,13,20H,5-12H2. The van der Waals surface area contributed by atoms with Crippen LogP contribution in [0.1, 0.15) is 23.2 Å². The first-order valence-corrected chi connectivity index (χ1v) is 8.10. The van der Waals surface area contributed by atoms with Gasteiger partial charge in [-0.05, 0) is 25.0 Å². The molecule has 0 spiro atoms. The van der Waals surface area contributed by atoms with Gasteiger partial charge >= 0.3 is 0 Å². The quantitative estimate of drug-likeness (QED) is 0.886. The first-order valence-electron chi connectivity index (χ1n) is 8.10. The van der Waals surface area contributed by atoms with Crippen molar-refractivity contribution in [3.05, 3.63) is 29.8 Å². The van der Waals surface area contributed by atoms with Crippen LogP contribution in [0.2, 0.25) is 0 Å². The summed E-state index contributed by atoms with van der Waals surface area (Å²) in [6, 6.07) is 6.57. The molecule has 1 N–H and O–H groups in total. The summed E-state index contributed by atoms with van der Waals surface area (Å²) in [5.74, 6) is 0.00821. The summed E-state index contributed by atoms with van der Waals surface area (Å²) in [6.07, 6.45) is 1.35. The molecule has 0 aliphatic carbocycles. The Morgan fingerprint density at radius 1 is 1.00 bits per heavy atom. The Morgan fingerprint density at radius 2 is 1.65 bits per heavy atom. The van der Waals surface area contributed by atoms with Gasteiger partial charge in [-0.3, -0.25) is 9.59 Å². The number of phenols is 1. The largest absolute Gasteiger partial charge is 0.507 e. The number of amides is 2. The molecule has 6 nitrogen and oxygen atoms in total. The number of piperidine rings is 1. The number of hydrogen-bond donors (Lipinski definition) is 1. The van der Waals surface area contributed by atoms with E-state index in [1.807, 2.05) is 4.90 Å². The second kappa shape index (κ2) is 7.00. The van der Waals surface area contributed by atoms with Crippen molar-refractivity contribution in [3.8, 4) is 5.75 Å². The van der Waals surface area contributed by atoms with Crippen LogP contribution in [0.5, 0.6) is 5.75 Å². The van der Waals surface area contributed by atoms with Gasteiger partial charge in [-0.2, -0.15) is 0 Å². The lowest BCUT2D eigenvalue weighted by molar-refractivity contribution is -0.141. The number of para-hydroxylation sites is 1. The summed E-state index contributed by atoms with van der Waals surface area (Å²) < 4.78 is 5.28. The average Bonchev–Trinajstić information content (AvgIpc) is 2.62. The van der Waals surface area contributed by atoms with Crippen molar-refractivity contribution in [2.75, 3.05) is 39.4 Å². The maximum absolute atomic E-state index is 12.5. The summed E-state index contributed by atoms with van der Waals surface area (Å²) in [4.78, 5) is 28.5. The van der Waals surface area contributed by atoms with Gasteiger partial charge in [-0.25, -0.2) is 0 Å². The van der Waals surface area contributed by atoms with Gasteiger partial charge in [-0.15, -0.1) is 0 Å². The van der Waals surface area contributed by atoms with Crippen LogP contribution in [0.3, 0.4) is 0 Å². The monoisotopic (exact) mass is 318 g/mol. The zero-order valence-corrected chi connectivity index (χ0v) is 13.1. The number of rotatable bonds is 2. The summed E-state index contributed by atoms with van der Waals surface area (Å²) in [7, 11) is 0. The molecule has 2 saturated heterocycles. The average molecular weight is 318 g/mol. The third-order valence-corrected chi connectivity index (χ3v) is 4.59. The molecule has 0 saturated carbocycles. The lowest BCUT2D eigenvalue weighted by Crippen LogP contribution is -2.47. The Morgan fingerprint density at radius 3 is 2.30 bits per heavy atom. The molecule has 3 rings (SSSR count). The number of morpholine rings is 1. The number of nitrogens with zero attached hydrogens (tertiary/aromatic N) is 2. The van der Waals surface area contributed by atoms with Gasteiger partial charge in [-0.1, -0.05) is 12.1 Å². The van der Waals surface area contributed by atoms with Gasteiger partial charge < -0.3 is 19.6 Å². The maximum Gasteiger partial charge on any atom is 0.257 e. The molecule has 0 unspecified atom stereocenters. The van der Waals surface area contributed by atoms with E-state index in [9.17, 15) is 14.7 Å². The smallest absolute Gasteiger partial charge is 0.257 e. The SMILES string of the molecule is O=C(c1ccccc1O)N1CCC(C(=O)N2CCOCC2)CC1. The van der Waals surface area contributed by atoms with E-state index in [1.54, 1.807) is 23.1 Å². The number of carbonyl (C=O) groups excluding carboxylic acids is 2. The number of likely N-dealkylation sites (tertiary alicyclic amines) is 1. The van der Waals surface area contributed by atoms with Gasteiger partial charge in [0.05, 0.1) is 18.8 Å². The van der Waals surface area contributed by atoms with E-state index in [4.69, 9.17) is 4.74 Å². The normalized spacial score (nSPS) is 19.7. The molecule has 2 heterocycles. The zero-order valence-electron chi connectivity index (χ0n) is 13.1. The third kappa shape index (κ3) is 3.47. The molecule has 1 aromatic rings. The number of ether oxygens (including phenoxy) is 1. The Kier molecular flexibility index (Phi) is 4.81. The summed E-state index contributed by atoms with van der Waals surface area (Å²) in [6.45, 7) is 3.64. The topological polar surface area (TPSA) is 70.1 Å². The maximum atomic E-state index is 12.5. The number of aromatic hydroxyl groups is 1. The number of benzene rings is 1. The fraction of sp³-hybridized carbons (Fsp3) is 0.529. The fourth-order valence-corrected chi connectivity index (χ4v) is 3.20. The van der Waals surface area contributed by atoms with E-state index >= 15 is 0 Å². The molecule has 1 aromatic carbocycles. The van der Waals surface area contributed by atoms with Crippen molar-refractivity contribution < 1.29 is 19.4 Å². The van der Waals surface area contributed by atoms with Crippen molar-refractivity contribution in [2.24, 2.45) is 5.92 Å². The highest BCUT2D eigenvalue weighted by atomic mass is 16.5. The Balaban J connectivity index is 1.57. The summed E-state index contributed by atoms with van der Waals surface area (Å²) in [5.41, 5.74) is 0.324. The van der Waals surface area contributed by atoms with E-state index in [0.717, 1.165) is 0 Å².